The molecule has 32 heavy (non-hydrogen) atoms. The molecule has 3 rings (SSSR count). The number of ether oxygens (including phenoxy) is 1. The van der Waals surface area contributed by atoms with Crippen molar-refractivity contribution in [2.24, 2.45) is 0 Å². The smallest absolute Gasteiger partial charge is 0.469 e. The summed E-state index contributed by atoms with van der Waals surface area (Å²) in [5.41, 5.74) is 8.09. The van der Waals surface area contributed by atoms with Crippen LogP contribution in [-0.4, -0.2) is 16.9 Å². The molecular weight excluding hydrogens is 423 g/mol. The number of hydrogen-bond acceptors (Lipinski definition) is 3. The predicted molar refractivity (Wildman–Crippen MR) is 130 cm³/mol. The number of benzene rings is 2. The molecule has 1 aliphatic rings. The van der Waals surface area contributed by atoms with E-state index < -0.39 is 7.82 Å². The average Bonchev–Trinajstić information content (AvgIpc) is 2.69. The molecule has 0 radical (unpaired) electrons. The molecule has 0 aromatic heterocycles. The molecule has 0 spiro atoms. The Labute approximate surface area is 191 Å². The van der Waals surface area contributed by atoms with E-state index in [2.05, 4.69) is 58.2 Å². The van der Waals surface area contributed by atoms with Crippen molar-refractivity contribution >= 4 is 19.5 Å². The van der Waals surface area contributed by atoms with Crippen LogP contribution in [0.5, 0.6) is 5.75 Å². The van der Waals surface area contributed by atoms with Crippen LogP contribution in [0, 0.1) is 6.92 Å². The molecule has 174 valence electrons. The SMILES string of the molecule is COc1c(C(C)=Cc2ccc(COP(=O)(O)O)cc2)cc(C)c2c1C(C)(C)CCC2(C)C. The number of aryl methyl sites for hydroxylation is 1. The fourth-order valence-corrected chi connectivity index (χ4v) is 5.21. The second-order valence-electron chi connectivity index (χ2n) is 10.1. The van der Waals surface area contributed by atoms with Crippen molar-refractivity contribution in [3.8, 4) is 5.75 Å². The van der Waals surface area contributed by atoms with Gasteiger partial charge >= 0.3 is 7.82 Å². The molecule has 2 aromatic rings. The highest BCUT2D eigenvalue weighted by atomic mass is 31.2. The van der Waals surface area contributed by atoms with Crippen molar-refractivity contribution < 1.29 is 23.6 Å². The van der Waals surface area contributed by atoms with Crippen molar-refractivity contribution in [2.75, 3.05) is 7.11 Å². The Hall–Kier alpha value is -1.91. The van der Waals surface area contributed by atoms with E-state index in [0.29, 0.717) is 5.56 Å². The Kier molecular flexibility index (Phi) is 6.80. The van der Waals surface area contributed by atoms with Gasteiger partial charge in [0, 0.05) is 11.1 Å². The largest absolute Gasteiger partial charge is 0.496 e. The number of rotatable bonds is 6. The third kappa shape index (κ3) is 5.18. The van der Waals surface area contributed by atoms with Crippen molar-refractivity contribution in [3.63, 3.8) is 0 Å². The van der Waals surface area contributed by atoms with Gasteiger partial charge in [-0.2, -0.15) is 0 Å². The normalized spacial score (nSPS) is 17.7. The second kappa shape index (κ2) is 8.79. The Morgan fingerprint density at radius 3 is 2.16 bits per heavy atom. The van der Waals surface area contributed by atoms with Gasteiger partial charge in [0.05, 0.1) is 13.7 Å². The van der Waals surface area contributed by atoms with Crippen LogP contribution >= 0.6 is 7.82 Å². The highest BCUT2D eigenvalue weighted by Crippen LogP contribution is 2.52. The highest BCUT2D eigenvalue weighted by Gasteiger charge is 2.41. The van der Waals surface area contributed by atoms with Crippen LogP contribution in [0.25, 0.3) is 11.6 Å². The van der Waals surface area contributed by atoms with Crippen molar-refractivity contribution in [3.05, 3.63) is 63.7 Å². The minimum absolute atomic E-state index is 0.0394. The van der Waals surface area contributed by atoms with Crippen LogP contribution in [0.4, 0.5) is 0 Å². The molecule has 1 aliphatic carbocycles. The molecular formula is C26H35O5P. The van der Waals surface area contributed by atoms with E-state index in [9.17, 15) is 4.57 Å². The first-order valence-corrected chi connectivity index (χ1v) is 12.5. The monoisotopic (exact) mass is 458 g/mol. The molecule has 0 heterocycles. The second-order valence-corrected chi connectivity index (χ2v) is 11.4. The Bertz CT molecular complexity index is 1070. The van der Waals surface area contributed by atoms with Crippen LogP contribution in [0.1, 0.15) is 80.8 Å². The molecule has 5 nitrogen and oxygen atoms in total. The first-order chi connectivity index (χ1) is 14.7. The zero-order valence-electron chi connectivity index (χ0n) is 20.2. The summed E-state index contributed by atoms with van der Waals surface area (Å²) in [6, 6.07) is 9.72. The quantitative estimate of drug-likeness (QED) is 0.381. The van der Waals surface area contributed by atoms with E-state index in [1.807, 2.05) is 24.3 Å². The van der Waals surface area contributed by atoms with E-state index in [4.69, 9.17) is 14.5 Å². The standard InChI is InChI=1S/C26H35O5P/c1-17(14-19-8-10-20(11-9-19)16-31-32(27,28)29)21-15-18(2)22-23(24(21)30-7)26(5,6)13-12-25(22,3)4/h8-11,14-15H,12-13,16H2,1-7H3,(H2,27,28,29). The van der Waals surface area contributed by atoms with E-state index in [1.165, 1.54) is 16.7 Å². The summed E-state index contributed by atoms with van der Waals surface area (Å²) in [7, 11) is -2.72. The molecule has 0 aliphatic heterocycles. The number of phosphoric ester groups is 1. The molecule has 2 N–H and O–H groups in total. The lowest BCUT2D eigenvalue weighted by Crippen LogP contribution is -2.35. The molecule has 0 atom stereocenters. The van der Waals surface area contributed by atoms with E-state index in [0.717, 1.165) is 35.3 Å². The van der Waals surface area contributed by atoms with Crippen LogP contribution in [0.3, 0.4) is 0 Å². The lowest BCUT2D eigenvalue weighted by molar-refractivity contribution is 0.189. The Morgan fingerprint density at radius 1 is 1.06 bits per heavy atom. The van der Waals surface area contributed by atoms with E-state index in [-0.39, 0.29) is 17.4 Å². The van der Waals surface area contributed by atoms with Crippen molar-refractivity contribution in [1.29, 1.82) is 0 Å². The van der Waals surface area contributed by atoms with Gasteiger partial charge in [-0.25, -0.2) is 4.57 Å². The van der Waals surface area contributed by atoms with E-state index in [1.54, 1.807) is 7.11 Å². The van der Waals surface area contributed by atoms with Crippen LogP contribution in [0.2, 0.25) is 0 Å². The summed E-state index contributed by atoms with van der Waals surface area (Å²) in [6.45, 7) is 13.4. The molecule has 0 saturated heterocycles. The number of fused-ring (bicyclic) bond motifs is 1. The van der Waals surface area contributed by atoms with Gasteiger partial charge in [0.1, 0.15) is 5.75 Å². The molecule has 6 heteroatoms. The van der Waals surface area contributed by atoms with Gasteiger partial charge in [-0.1, -0.05) is 58.0 Å². The lowest BCUT2D eigenvalue weighted by atomic mass is 9.61. The molecule has 0 amide bonds. The van der Waals surface area contributed by atoms with Gasteiger partial charge in [-0.3, -0.25) is 4.52 Å². The fraction of sp³-hybridized carbons (Fsp3) is 0.462. The van der Waals surface area contributed by atoms with Gasteiger partial charge in [0.25, 0.3) is 0 Å². The Balaban J connectivity index is 2.02. The summed E-state index contributed by atoms with van der Waals surface area (Å²) >= 11 is 0. The van der Waals surface area contributed by atoms with Crippen molar-refractivity contribution in [1.82, 2.24) is 0 Å². The van der Waals surface area contributed by atoms with Gasteiger partial charge < -0.3 is 14.5 Å². The zero-order chi connectivity index (χ0) is 23.9. The van der Waals surface area contributed by atoms with E-state index >= 15 is 0 Å². The summed E-state index contributed by atoms with van der Waals surface area (Å²) in [4.78, 5) is 17.7. The molecule has 0 fully saturated rings. The number of phosphoric acid groups is 1. The van der Waals surface area contributed by atoms with Gasteiger partial charge in [0.2, 0.25) is 0 Å². The summed E-state index contributed by atoms with van der Waals surface area (Å²) in [5.74, 6) is 0.962. The van der Waals surface area contributed by atoms with Crippen molar-refractivity contribution in [2.45, 2.75) is 71.8 Å². The first kappa shape index (κ1) is 24.7. The number of methoxy groups -OCH3 is 1. The first-order valence-electron chi connectivity index (χ1n) is 11.0. The molecule has 0 bridgehead atoms. The molecule has 2 aromatic carbocycles. The maximum absolute atomic E-state index is 10.9. The highest BCUT2D eigenvalue weighted by molar-refractivity contribution is 7.46. The average molecular weight is 459 g/mol. The number of hydrogen-bond donors (Lipinski definition) is 2. The fourth-order valence-electron chi connectivity index (χ4n) is 4.89. The zero-order valence-corrected chi connectivity index (χ0v) is 21.0. The van der Waals surface area contributed by atoms with Crippen LogP contribution in [-0.2, 0) is 26.5 Å². The molecule has 0 saturated carbocycles. The van der Waals surface area contributed by atoms with Gasteiger partial charge in [-0.15, -0.1) is 0 Å². The minimum Gasteiger partial charge on any atom is -0.496 e. The van der Waals surface area contributed by atoms with Gasteiger partial charge in [-0.05, 0) is 71.4 Å². The maximum Gasteiger partial charge on any atom is 0.469 e. The predicted octanol–water partition coefficient (Wildman–Crippen LogP) is 6.52. The minimum atomic E-state index is -4.48. The Morgan fingerprint density at radius 2 is 1.62 bits per heavy atom. The molecule has 0 unspecified atom stereocenters. The van der Waals surface area contributed by atoms with Gasteiger partial charge in [0.15, 0.2) is 0 Å². The number of allylic oxidation sites excluding steroid dienone is 1. The third-order valence-corrected chi connectivity index (χ3v) is 7.06. The van der Waals surface area contributed by atoms with Crippen LogP contribution in [0.15, 0.2) is 30.3 Å². The summed E-state index contributed by atoms with van der Waals surface area (Å²) in [5, 5.41) is 0. The summed E-state index contributed by atoms with van der Waals surface area (Å²) in [6.07, 6.45) is 4.38. The lowest BCUT2D eigenvalue weighted by Gasteiger charge is -2.44. The topological polar surface area (TPSA) is 76.0 Å². The summed E-state index contributed by atoms with van der Waals surface area (Å²) < 4.78 is 21.5. The third-order valence-electron chi connectivity index (χ3n) is 6.60. The van der Waals surface area contributed by atoms with Crippen LogP contribution < -0.4 is 4.74 Å². The maximum atomic E-state index is 10.9.